The van der Waals surface area contributed by atoms with Gasteiger partial charge in [0.1, 0.15) is 0 Å². The van der Waals surface area contributed by atoms with Crippen molar-refractivity contribution in [1.82, 2.24) is 15.1 Å². The number of nitrogens with one attached hydrogen (secondary N) is 1. The van der Waals surface area contributed by atoms with E-state index in [1.54, 1.807) is 12.0 Å². The predicted molar refractivity (Wildman–Crippen MR) is 134 cm³/mol. The summed E-state index contributed by atoms with van der Waals surface area (Å²) in [5, 5.41) is 2.94. The number of rotatable bonds is 11. The van der Waals surface area contributed by atoms with Gasteiger partial charge in [-0.25, -0.2) is 0 Å². The smallest absolute Gasteiger partial charge is 0.240 e. The lowest BCUT2D eigenvalue weighted by atomic mass is 9.75. The molecule has 2 aliphatic heterocycles. The number of hydrogen-bond acceptors (Lipinski definition) is 5. The van der Waals surface area contributed by atoms with Gasteiger partial charge in [0.15, 0.2) is 0 Å². The summed E-state index contributed by atoms with van der Waals surface area (Å²) < 4.78 is 5.09. The van der Waals surface area contributed by atoms with Crippen LogP contribution in [0.3, 0.4) is 0 Å². The van der Waals surface area contributed by atoms with Crippen molar-refractivity contribution in [3.05, 3.63) is 71.8 Å². The highest BCUT2D eigenvalue weighted by Gasteiger charge is 2.54. The van der Waals surface area contributed by atoms with Crippen LogP contribution in [0.1, 0.15) is 43.2 Å². The quantitative estimate of drug-likeness (QED) is 0.385. The number of likely N-dealkylation sites (tertiary alicyclic amines) is 1. The van der Waals surface area contributed by atoms with E-state index in [9.17, 15) is 19.2 Å². The van der Waals surface area contributed by atoms with Crippen LogP contribution in [0.4, 0.5) is 0 Å². The molecule has 8 heteroatoms. The van der Waals surface area contributed by atoms with Crippen molar-refractivity contribution >= 4 is 23.6 Å². The summed E-state index contributed by atoms with van der Waals surface area (Å²) in [6.45, 7) is 1.41. The second-order valence-electron chi connectivity index (χ2n) is 9.56. The number of nitrogens with zero attached hydrogens (tertiary/aromatic N) is 2. The van der Waals surface area contributed by atoms with Crippen LogP contribution in [-0.4, -0.2) is 66.3 Å². The predicted octanol–water partition coefficient (Wildman–Crippen LogP) is 2.42. The molecular weight excluding hydrogens is 458 g/mol. The van der Waals surface area contributed by atoms with Crippen LogP contribution < -0.4 is 5.32 Å². The van der Waals surface area contributed by atoms with Gasteiger partial charge in [0.05, 0.1) is 5.41 Å². The number of imide groups is 1. The van der Waals surface area contributed by atoms with Crippen molar-refractivity contribution in [2.75, 3.05) is 26.8 Å². The van der Waals surface area contributed by atoms with Crippen LogP contribution >= 0.6 is 0 Å². The Morgan fingerprint density at radius 3 is 2.42 bits per heavy atom. The van der Waals surface area contributed by atoms with Gasteiger partial charge in [-0.1, -0.05) is 60.7 Å². The standard InChI is InChI=1S/C28H33N3O5/c1-36-16-8-15-31-26(34)18-28(27(31)35,22-11-6-3-7-12-22)17-25(33)30(19-21-9-4-2-5-10-21)20-23-13-14-24(32)29-23/h2-7,9-12,23H,8,13-20H2,1H3,(H,29,32)/t23-,28?/m0/s1. The summed E-state index contributed by atoms with van der Waals surface area (Å²) in [4.78, 5) is 55.4. The topological polar surface area (TPSA) is 96.0 Å². The van der Waals surface area contributed by atoms with E-state index in [0.29, 0.717) is 44.5 Å². The van der Waals surface area contributed by atoms with E-state index in [2.05, 4.69) is 5.32 Å². The number of ether oxygens (including phenoxy) is 1. The lowest BCUT2D eigenvalue weighted by Gasteiger charge is -2.32. The summed E-state index contributed by atoms with van der Waals surface area (Å²) in [6, 6.07) is 18.6. The van der Waals surface area contributed by atoms with Gasteiger partial charge in [-0.3, -0.25) is 24.1 Å². The minimum absolute atomic E-state index is 0.0175. The molecule has 1 unspecified atom stereocenters. The average molecular weight is 492 g/mol. The third-order valence-electron chi connectivity index (χ3n) is 7.01. The van der Waals surface area contributed by atoms with Gasteiger partial charge < -0.3 is 15.0 Å². The molecule has 0 aromatic heterocycles. The minimum Gasteiger partial charge on any atom is -0.385 e. The van der Waals surface area contributed by atoms with E-state index >= 15 is 0 Å². The van der Waals surface area contributed by atoms with Crippen molar-refractivity contribution in [3.63, 3.8) is 0 Å². The van der Waals surface area contributed by atoms with Crippen LogP contribution in [-0.2, 0) is 35.9 Å². The zero-order valence-corrected chi connectivity index (χ0v) is 20.7. The van der Waals surface area contributed by atoms with Crippen molar-refractivity contribution in [2.24, 2.45) is 0 Å². The highest BCUT2D eigenvalue weighted by atomic mass is 16.5. The average Bonchev–Trinajstić information content (AvgIpc) is 3.40. The summed E-state index contributed by atoms with van der Waals surface area (Å²) in [7, 11) is 1.58. The molecule has 0 bridgehead atoms. The maximum absolute atomic E-state index is 13.9. The fourth-order valence-corrected chi connectivity index (χ4v) is 5.13. The first kappa shape index (κ1) is 25.6. The molecular formula is C28H33N3O5. The van der Waals surface area contributed by atoms with Gasteiger partial charge in [-0.05, 0) is 24.0 Å². The van der Waals surface area contributed by atoms with Gasteiger partial charge in [0, 0.05) is 58.7 Å². The van der Waals surface area contributed by atoms with Crippen molar-refractivity contribution in [3.8, 4) is 0 Å². The Morgan fingerprint density at radius 1 is 1.08 bits per heavy atom. The van der Waals surface area contributed by atoms with Crippen LogP contribution in [0.2, 0.25) is 0 Å². The maximum Gasteiger partial charge on any atom is 0.240 e. The first-order chi connectivity index (χ1) is 17.4. The van der Waals surface area contributed by atoms with Crippen LogP contribution in [0.5, 0.6) is 0 Å². The summed E-state index contributed by atoms with van der Waals surface area (Å²) >= 11 is 0. The number of methoxy groups -OCH3 is 1. The van der Waals surface area contributed by atoms with E-state index in [0.717, 1.165) is 5.56 Å². The molecule has 2 saturated heterocycles. The highest BCUT2D eigenvalue weighted by molar-refractivity contribution is 6.10. The fraction of sp³-hybridized carbons (Fsp3) is 0.429. The number of carbonyl (C=O) groups is 4. The Morgan fingerprint density at radius 2 is 1.78 bits per heavy atom. The largest absolute Gasteiger partial charge is 0.385 e. The number of carbonyl (C=O) groups excluding carboxylic acids is 4. The molecule has 2 aromatic rings. The summed E-state index contributed by atoms with van der Waals surface area (Å²) in [5.74, 6) is -0.845. The van der Waals surface area contributed by atoms with Crippen LogP contribution in [0.15, 0.2) is 60.7 Å². The first-order valence-corrected chi connectivity index (χ1v) is 12.4. The lowest BCUT2D eigenvalue weighted by molar-refractivity contribution is -0.143. The Kier molecular flexibility index (Phi) is 8.15. The molecule has 2 aromatic carbocycles. The van der Waals surface area contributed by atoms with E-state index in [4.69, 9.17) is 4.74 Å². The molecule has 1 N–H and O–H groups in total. The highest BCUT2D eigenvalue weighted by Crippen LogP contribution is 2.40. The molecule has 2 aliphatic rings. The molecule has 0 radical (unpaired) electrons. The Balaban J connectivity index is 1.61. The van der Waals surface area contributed by atoms with E-state index in [1.165, 1.54) is 4.90 Å². The minimum atomic E-state index is -1.25. The normalized spacial score (nSPS) is 21.6. The number of amides is 4. The van der Waals surface area contributed by atoms with Crippen molar-refractivity contribution < 1.29 is 23.9 Å². The van der Waals surface area contributed by atoms with Crippen LogP contribution in [0.25, 0.3) is 0 Å². The van der Waals surface area contributed by atoms with E-state index in [1.807, 2.05) is 60.7 Å². The van der Waals surface area contributed by atoms with Gasteiger partial charge >= 0.3 is 0 Å². The molecule has 4 rings (SSSR count). The lowest BCUT2D eigenvalue weighted by Crippen LogP contribution is -2.46. The summed E-state index contributed by atoms with van der Waals surface area (Å²) in [5.41, 5.74) is 0.370. The third-order valence-corrected chi connectivity index (χ3v) is 7.01. The molecule has 2 fully saturated rings. The zero-order valence-electron chi connectivity index (χ0n) is 20.7. The number of benzene rings is 2. The second-order valence-corrected chi connectivity index (χ2v) is 9.56. The second kappa shape index (κ2) is 11.5. The van der Waals surface area contributed by atoms with Gasteiger partial charge in [-0.15, -0.1) is 0 Å². The van der Waals surface area contributed by atoms with E-state index in [-0.39, 0.29) is 49.1 Å². The molecule has 190 valence electrons. The monoisotopic (exact) mass is 491 g/mol. The first-order valence-electron chi connectivity index (χ1n) is 12.4. The third kappa shape index (κ3) is 5.65. The molecule has 36 heavy (non-hydrogen) atoms. The Bertz CT molecular complexity index is 1090. The molecule has 8 nitrogen and oxygen atoms in total. The van der Waals surface area contributed by atoms with Crippen LogP contribution in [0, 0.1) is 0 Å². The molecule has 0 spiro atoms. The fourth-order valence-electron chi connectivity index (χ4n) is 5.13. The molecule has 4 amide bonds. The SMILES string of the molecule is COCCCN1C(=O)CC(CC(=O)N(Cc2ccccc2)C[C@@H]2CCC(=O)N2)(c2ccccc2)C1=O. The Hall–Kier alpha value is -3.52. The van der Waals surface area contributed by atoms with Gasteiger partial charge in [0.2, 0.25) is 23.6 Å². The Labute approximate surface area is 211 Å². The van der Waals surface area contributed by atoms with Gasteiger partial charge in [-0.2, -0.15) is 0 Å². The molecule has 0 aliphatic carbocycles. The number of hydrogen-bond donors (Lipinski definition) is 1. The van der Waals surface area contributed by atoms with E-state index < -0.39 is 5.41 Å². The molecule has 2 heterocycles. The summed E-state index contributed by atoms with van der Waals surface area (Å²) in [6.07, 6.45) is 1.47. The molecule has 2 atom stereocenters. The van der Waals surface area contributed by atoms with Crippen molar-refractivity contribution in [2.45, 2.75) is 50.1 Å². The zero-order chi connectivity index (χ0) is 25.5. The van der Waals surface area contributed by atoms with Gasteiger partial charge in [0.25, 0.3) is 0 Å². The molecule has 0 saturated carbocycles. The van der Waals surface area contributed by atoms with Crippen molar-refractivity contribution in [1.29, 1.82) is 0 Å². The maximum atomic E-state index is 13.9.